The fourth-order valence-electron chi connectivity index (χ4n) is 1.76. The van der Waals surface area contributed by atoms with E-state index in [9.17, 15) is 19.3 Å². The van der Waals surface area contributed by atoms with Gasteiger partial charge in [0.15, 0.2) is 0 Å². The van der Waals surface area contributed by atoms with E-state index in [1.54, 1.807) is 0 Å². The van der Waals surface area contributed by atoms with Crippen LogP contribution in [0.4, 0.5) is 10.1 Å². The number of nitrogens with one attached hydrogen (secondary N) is 1. The van der Waals surface area contributed by atoms with Gasteiger partial charge in [0.25, 0.3) is 11.6 Å². The van der Waals surface area contributed by atoms with Gasteiger partial charge in [-0.1, -0.05) is 0 Å². The molecule has 1 aromatic rings. The SMILES string of the molecule is O=C(NCC1COCCO1)c1cc([N+](=O)[O-])ccc1F. The fourth-order valence-corrected chi connectivity index (χ4v) is 1.76. The summed E-state index contributed by atoms with van der Waals surface area (Å²) in [6.07, 6.45) is -0.297. The summed E-state index contributed by atoms with van der Waals surface area (Å²) in [4.78, 5) is 21.7. The normalized spacial score (nSPS) is 18.6. The molecule has 2 rings (SSSR count). The van der Waals surface area contributed by atoms with Crippen LogP contribution in [0.25, 0.3) is 0 Å². The van der Waals surface area contributed by atoms with Crippen molar-refractivity contribution in [1.29, 1.82) is 0 Å². The Hall–Kier alpha value is -2.06. The summed E-state index contributed by atoms with van der Waals surface area (Å²) in [6, 6.07) is 2.81. The summed E-state index contributed by atoms with van der Waals surface area (Å²) in [7, 11) is 0. The lowest BCUT2D eigenvalue weighted by Gasteiger charge is -2.23. The molecule has 1 atom stereocenters. The van der Waals surface area contributed by atoms with Crippen LogP contribution >= 0.6 is 0 Å². The highest BCUT2D eigenvalue weighted by Crippen LogP contribution is 2.16. The second-order valence-corrected chi connectivity index (χ2v) is 4.20. The summed E-state index contributed by atoms with van der Waals surface area (Å²) in [5.74, 6) is -1.53. The molecule has 1 unspecified atom stereocenters. The number of rotatable bonds is 4. The van der Waals surface area contributed by atoms with Crippen molar-refractivity contribution in [2.75, 3.05) is 26.4 Å². The highest BCUT2D eigenvalue weighted by molar-refractivity contribution is 5.95. The Morgan fingerprint density at radius 2 is 2.30 bits per heavy atom. The third kappa shape index (κ3) is 3.49. The van der Waals surface area contributed by atoms with Crippen LogP contribution in [-0.2, 0) is 9.47 Å². The Morgan fingerprint density at radius 1 is 1.50 bits per heavy atom. The maximum Gasteiger partial charge on any atom is 0.270 e. The van der Waals surface area contributed by atoms with Gasteiger partial charge >= 0.3 is 0 Å². The molecule has 1 saturated heterocycles. The third-order valence-electron chi connectivity index (χ3n) is 2.78. The van der Waals surface area contributed by atoms with Gasteiger partial charge in [-0.2, -0.15) is 0 Å². The van der Waals surface area contributed by atoms with E-state index in [1.807, 2.05) is 0 Å². The predicted octanol–water partition coefficient (Wildman–Crippen LogP) is 0.879. The predicted molar refractivity (Wildman–Crippen MR) is 65.9 cm³/mol. The number of hydrogen-bond acceptors (Lipinski definition) is 5. The fraction of sp³-hybridized carbons (Fsp3) is 0.417. The van der Waals surface area contributed by atoms with Gasteiger partial charge in [-0.05, 0) is 6.07 Å². The molecule has 8 heteroatoms. The third-order valence-corrected chi connectivity index (χ3v) is 2.78. The summed E-state index contributed by atoms with van der Waals surface area (Å²) in [5.41, 5.74) is -0.704. The number of non-ortho nitro benzene ring substituents is 1. The molecule has 0 bridgehead atoms. The molecule has 0 aromatic heterocycles. The number of hydrogen-bond donors (Lipinski definition) is 1. The van der Waals surface area contributed by atoms with Gasteiger partial charge in [-0.15, -0.1) is 0 Å². The quantitative estimate of drug-likeness (QED) is 0.654. The van der Waals surface area contributed by atoms with E-state index in [0.29, 0.717) is 19.8 Å². The molecule has 0 saturated carbocycles. The molecule has 0 spiro atoms. The number of amides is 1. The van der Waals surface area contributed by atoms with Crippen LogP contribution in [-0.4, -0.2) is 43.3 Å². The van der Waals surface area contributed by atoms with Crippen LogP contribution in [0.15, 0.2) is 18.2 Å². The molecule has 1 heterocycles. The van der Waals surface area contributed by atoms with E-state index >= 15 is 0 Å². The van der Waals surface area contributed by atoms with Crippen molar-refractivity contribution in [1.82, 2.24) is 5.32 Å². The van der Waals surface area contributed by atoms with E-state index in [1.165, 1.54) is 0 Å². The first-order valence-electron chi connectivity index (χ1n) is 5.99. The summed E-state index contributed by atoms with van der Waals surface area (Å²) in [5, 5.41) is 13.1. The van der Waals surface area contributed by atoms with Gasteiger partial charge in [0.05, 0.1) is 36.4 Å². The lowest BCUT2D eigenvalue weighted by Crippen LogP contribution is -2.39. The number of carbonyl (C=O) groups is 1. The average molecular weight is 284 g/mol. The minimum absolute atomic E-state index is 0.154. The minimum atomic E-state index is -0.811. The Kier molecular flexibility index (Phi) is 4.59. The zero-order chi connectivity index (χ0) is 14.5. The lowest BCUT2D eigenvalue weighted by atomic mass is 10.1. The Labute approximate surface area is 113 Å². The molecular weight excluding hydrogens is 271 g/mol. The van der Waals surface area contributed by atoms with Crippen LogP contribution in [0.5, 0.6) is 0 Å². The molecule has 1 aliphatic rings. The number of carbonyl (C=O) groups excluding carboxylic acids is 1. The van der Waals surface area contributed by atoms with Gasteiger partial charge in [-0.25, -0.2) is 4.39 Å². The number of nitro benzene ring substituents is 1. The van der Waals surface area contributed by atoms with E-state index in [-0.39, 0.29) is 23.9 Å². The Bertz CT molecular complexity index is 517. The van der Waals surface area contributed by atoms with Gasteiger partial charge in [-0.3, -0.25) is 14.9 Å². The monoisotopic (exact) mass is 284 g/mol. The molecule has 1 N–H and O–H groups in total. The average Bonchev–Trinajstić information content (AvgIpc) is 2.46. The minimum Gasteiger partial charge on any atom is -0.376 e. The lowest BCUT2D eigenvalue weighted by molar-refractivity contribution is -0.384. The maximum absolute atomic E-state index is 13.5. The van der Waals surface area contributed by atoms with Crippen molar-refractivity contribution in [3.63, 3.8) is 0 Å². The first kappa shape index (κ1) is 14.4. The molecule has 108 valence electrons. The van der Waals surface area contributed by atoms with Crippen molar-refractivity contribution >= 4 is 11.6 Å². The van der Waals surface area contributed by atoms with Gasteiger partial charge < -0.3 is 14.8 Å². The molecule has 1 fully saturated rings. The second kappa shape index (κ2) is 6.40. The maximum atomic E-state index is 13.5. The van der Waals surface area contributed by atoms with E-state index < -0.39 is 16.6 Å². The topological polar surface area (TPSA) is 90.7 Å². The summed E-state index contributed by atoms with van der Waals surface area (Å²) in [6.45, 7) is 1.44. The van der Waals surface area contributed by atoms with Gasteiger partial charge in [0.1, 0.15) is 5.82 Å². The van der Waals surface area contributed by atoms with Crippen molar-refractivity contribution in [2.45, 2.75) is 6.10 Å². The van der Waals surface area contributed by atoms with Crippen molar-refractivity contribution in [3.8, 4) is 0 Å². The van der Waals surface area contributed by atoms with E-state index in [0.717, 1.165) is 18.2 Å². The van der Waals surface area contributed by atoms with Gasteiger partial charge in [0.2, 0.25) is 0 Å². The van der Waals surface area contributed by atoms with Crippen LogP contribution < -0.4 is 5.32 Å². The number of nitrogens with zero attached hydrogens (tertiary/aromatic N) is 1. The highest BCUT2D eigenvalue weighted by Gasteiger charge is 2.19. The van der Waals surface area contributed by atoms with Crippen LogP contribution in [0, 0.1) is 15.9 Å². The highest BCUT2D eigenvalue weighted by atomic mass is 19.1. The Balaban J connectivity index is 2.00. The largest absolute Gasteiger partial charge is 0.376 e. The van der Waals surface area contributed by atoms with Gasteiger partial charge in [0, 0.05) is 18.7 Å². The molecular formula is C12H13FN2O5. The van der Waals surface area contributed by atoms with Crippen molar-refractivity contribution in [2.24, 2.45) is 0 Å². The molecule has 0 aliphatic carbocycles. The molecule has 0 radical (unpaired) electrons. The molecule has 1 aromatic carbocycles. The first-order chi connectivity index (χ1) is 9.58. The second-order valence-electron chi connectivity index (χ2n) is 4.20. The number of nitro groups is 1. The molecule has 20 heavy (non-hydrogen) atoms. The van der Waals surface area contributed by atoms with Crippen molar-refractivity contribution in [3.05, 3.63) is 39.7 Å². The van der Waals surface area contributed by atoms with E-state index in [2.05, 4.69) is 5.32 Å². The molecule has 1 amide bonds. The van der Waals surface area contributed by atoms with E-state index in [4.69, 9.17) is 9.47 Å². The standard InChI is InChI=1S/C12H13FN2O5/c13-11-2-1-8(15(17)18)5-10(11)12(16)14-6-9-7-19-3-4-20-9/h1-2,5,9H,3-4,6-7H2,(H,14,16). The number of benzene rings is 1. The van der Waals surface area contributed by atoms with Crippen LogP contribution in [0.1, 0.15) is 10.4 Å². The van der Waals surface area contributed by atoms with Crippen LogP contribution in [0.2, 0.25) is 0 Å². The van der Waals surface area contributed by atoms with Crippen molar-refractivity contribution < 1.29 is 23.6 Å². The zero-order valence-electron chi connectivity index (χ0n) is 10.5. The smallest absolute Gasteiger partial charge is 0.270 e. The number of ether oxygens (including phenoxy) is 2. The van der Waals surface area contributed by atoms with Crippen LogP contribution in [0.3, 0.4) is 0 Å². The molecule has 7 nitrogen and oxygen atoms in total. The molecule has 1 aliphatic heterocycles. The zero-order valence-corrected chi connectivity index (χ0v) is 10.5. The Morgan fingerprint density at radius 3 is 2.95 bits per heavy atom. The number of halogens is 1. The summed E-state index contributed by atoms with van der Waals surface area (Å²) < 4.78 is 24.0. The summed E-state index contributed by atoms with van der Waals surface area (Å²) >= 11 is 0. The first-order valence-corrected chi connectivity index (χ1v) is 5.99.